The normalized spacial score (nSPS) is 12.1. The molecule has 0 fully saturated rings. The number of amides is 1. The minimum atomic E-state index is -0.782. The third-order valence-electron chi connectivity index (χ3n) is 3.93. The van der Waals surface area contributed by atoms with Gasteiger partial charge in [-0.1, -0.05) is 0 Å². The summed E-state index contributed by atoms with van der Waals surface area (Å²) in [4.78, 5) is 19.5. The van der Waals surface area contributed by atoms with E-state index in [1.165, 1.54) is 18.2 Å². The Balaban J connectivity index is 1.78. The van der Waals surface area contributed by atoms with Gasteiger partial charge in [0.25, 0.3) is 5.91 Å². The Kier molecular flexibility index (Phi) is 5.90. The maximum atomic E-state index is 13.5. The molecule has 1 aromatic carbocycles. The lowest BCUT2D eigenvalue weighted by atomic mass is 10.1. The van der Waals surface area contributed by atoms with Crippen molar-refractivity contribution in [1.82, 2.24) is 20.8 Å². The van der Waals surface area contributed by atoms with Crippen molar-refractivity contribution in [3.8, 4) is 22.9 Å². The maximum Gasteiger partial charge on any atom is 0.268 e. The number of aliphatic hydroxyl groups excluding tert-OH is 1. The molecule has 1 atom stereocenters. The fourth-order valence-electron chi connectivity index (χ4n) is 2.51. The molecule has 3 rings (SSSR count). The first-order valence-corrected chi connectivity index (χ1v) is 8.89. The number of carbonyl (C=O) groups is 1. The van der Waals surface area contributed by atoms with Crippen LogP contribution in [0.2, 0.25) is 0 Å². The SMILES string of the molecule is O=C(NC(CNO)c1nc(O)c(CO)s1)c1ccc(-c2ccc(O)c(F)c2)[nH]1. The molecule has 28 heavy (non-hydrogen) atoms. The Hall–Kier alpha value is -2.99. The molecule has 11 heteroatoms. The molecule has 9 nitrogen and oxygen atoms in total. The predicted octanol–water partition coefficient (Wildman–Crippen LogP) is 1.63. The number of rotatable bonds is 7. The fourth-order valence-corrected chi connectivity index (χ4v) is 3.38. The van der Waals surface area contributed by atoms with Crippen molar-refractivity contribution in [3.63, 3.8) is 0 Å². The van der Waals surface area contributed by atoms with Gasteiger partial charge >= 0.3 is 0 Å². The van der Waals surface area contributed by atoms with Gasteiger partial charge in [0.1, 0.15) is 10.7 Å². The second-order valence-corrected chi connectivity index (χ2v) is 6.91. The highest BCUT2D eigenvalue weighted by Crippen LogP contribution is 2.29. The molecule has 3 aromatic rings. The molecule has 0 radical (unpaired) electrons. The number of aromatic amines is 1. The second-order valence-electron chi connectivity index (χ2n) is 5.80. The van der Waals surface area contributed by atoms with Crippen LogP contribution < -0.4 is 10.8 Å². The molecule has 2 heterocycles. The molecular weight excluding hydrogens is 391 g/mol. The van der Waals surface area contributed by atoms with Crippen molar-refractivity contribution in [3.05, 3.63) is 51.7 Å². The van der Waals surface area contributed by atoms with Crippen molar-refractivity contribution in [1.29, 1.82) is 0 Å². The van der Waals surface area contributed by atoms with E-state index in [0.717, 1.165) is 17.4 Å². The third-order valence-corrected chi connectivity index (χ3v) is 5.07. The summed E-state index contributed by atoms with van der Waals surface area (Å²) in [6, 6.07) is 6.15. The average Bonchev–Trinajstić information content (AvgIpc) is 3.30. The van der Waals surface area contributed by atoms with Crippen LogP contribution in [0.1, 0.15) is 26.4 Å². The number of carbonyl (C=O) groups excluding carboxylic acids is 1. The Morgan fingerprint density at radius 1 is 1.29 bits per heavy atom. The number of H-pyrrole nitrogens is 1. The van der Waals surface area contributed by atoms with Crippen molar-refractivity contribution in [2.75, 3.05) is 6.54 Å². The van der Waals surface area contributed by atoms with Crippen molar-refractivity contribution in [2.45, 2.75) is 12.6 Å². The first-order valence-electron chi connectivity index (χ1n) is 8.08. The van der Waals surface area contributed by atoms with Gasteiger partial charge in [-0.15, -0.1) is 11.3 Å². The standard InChI is InChI=1S/C17H17FN4O5S/c18-9-5-8(1-4-13(9)24)10-2-3-11(20-10)15(25)21-12(6-19-27)17-22-16(26)14(7-23)28-17/h1-5,12,19-20,23-24,26-27H,6-7H2,(H,21,25). The van der Waals surface area contributed by atoms with E-state index in [1.807, 2.05) is 5.48 Å². The van der Waals surface area contributed by atoms with E-state index < -0.39 is 30.1 Å². The summed E-state index contributed by atoms with van der Waals surface area (Å²) < 4.78 is 13.5. The number of nitrogens with zero attached hydrogens (tertiary/aromatic N) is 1. The first-order chi connectivity index (χ1) is 13.4. The third kappa shape index (κ3) is 4.12. The van der Waals surface area contributed by atoms with Crippen LogP contribution in [-0.4, -0.2) is 42.9 Å². The van der Waals surface area contributed by atoms with Gasteiger partial charge in [0.15, 0.2) is 11.6 Å². The number of aliphatic hydroxyl groups is 1. The zero-order valence-corrected chi connectivity index (χ0v) is 15.1. The quantitative estimate of drug-likeness (QED) is 0.294. The number of hydrogen-bond donors (Lipinski definition) is 7. The molecule has 1 unspecified atom stereocenters. The Morgan fingerprint density at radius 3 is 2.71 bits per heavy atom. The lowest BCUT2D eigenvalue weighted by Crippen LogP contribution is -2.34. The number of aromatic hydroxyl groups is 2. The highest BCUT2D eigenvalue weighted by atomic mass is 32.1. The summed E-state index contributed by atoms with van der Waals surface area (Å²) in [6.07, 6.45) is 0. The Morgan fingerprint density at radius 2 is 2.07 bits per heavy atom. The first kappa shape index (κ1) is 19.8. The van der Waals surface area contributed by atoms with Crippen LogP contribution in [0.3, 0.4) is 0 Å². The number of benzene rings is 1. The van der Waals surface area contributed by atoms with Gasteiger partial charge in [0.05, 0.1) is 17.5 Å². The van der Waals surface area contributed by atoms with Crippen LogP contribution in [0, 0.1) is 5.82 Å². The Bertz CT molecular complexity index is 990. The second kappa shape index (κ2) is 8.35. The van der Waals surface area contributed by atoms with Crippen molar-refractivity contribution in [2.24, 2.45) is 0 Å². The highest BCUT2D eigenvalue weighted by Gasteiger charge is 2.22. The lowest BCUT2D eigenvalue weighted by Gasteiger charge is -2.15. The maximum absolute atomic E-state index is 13.5. The molecule has 0 spiro atoms. The summed E-state index contributed by atoms with van der Waals surface area (Å²) in [6.45, 7) is -0.486. The van der Waals surface area contributed by atoms with Crippen molar-refractivity contribution < 1.29 is 29.7 Å². The monoisotopic (exact) mass is 408 g/mol. The number of phenols is 1. The fraction of sp³-hybridized carbons (Fsp3) is 0.176. The summed E-state index contributed by atoms with van der Waals surface area (Å²) in [5, 5.41) is 40.0. The van der Waals surface area contributed by atoms with Crippen LogP contribution in [0.25, 0.3) is 11.3 Å². The smallest absolute Gasteiger partial charge is 0.268 e. The van der Waals surface area contributed by atoms with Gasteiger partial charge in [-0.25, -0.2) is 14.9 Å². The van der Waals surface area contributed by atoms with Crippen molar-refractivity contribution >= 4 is 17.2 Å². The van der Waals surface area contributed by atoms with E-state index >= 15 is 0 Å². The molecule has 2 aromatic heterocycles. The zero-order chi connectivity index (χ0) is 20.3. The van der Waals surface area contributed by atoms with Gasteiger partial charge in [0.2, 0.25) is 5.88 Å². The molecular formula is C17H17FN4O5S. The zero-order valence-electron chi connectivity index (χ0n) is 14.3. The molecule has 0 aliphatic heterocycles. The number of hydrogen-bond acceptors (Lipinski definition) is 8. The van der Waals surface area contributed by atoms with Gasteiger partial charge in [-0.05, 0) is 30.3 Å². The van der Waals surface area contributed by atoms with E-state index in [-0.39, 0.29) is 23.0 Å². The Labute approximate surface area is 162 Å². The number of nitrogens with one attached hydrogen (secondary N) is 3. The molecule has 148 valence electrons. The number of halogens is 1. The minimum Gasteiger partial charge on any atom is -0.505 e. The van der Waals surface area contributed by atoms with Crippen LogP contribution in [0.5, 0.6) is 11.6 Å². The highest BCUT2D eigenvalue weighted by molar-refractivity contribution is 7.12. The van der Waals surface area contributed by atoms with E-state index in [9.17, 15) is 19.4 Å². The summed E-state index contributed by atoms with van der Waals surface area (Å²) in [5.74, 6) is -2.11. The minimum absolute atomic E-state index is 0.0830. The molecule has 0 bridgehead atoms. The van der Waals surface area contributed by atoms with Crippen LogP contribution in [0.4, 0.5) is 4.39 Å². The summed E-state index contributed by atoms with van der Waals surface area (Å²) in [7, 11) is 0. The van der Waals surface area contributed by atoms with E-state index in [0.29, 0.717) is 16.3 Å². The summed E-state index contributed by atoms with van der Waals surface area (Å²) >= 11 is 0.997. The molecule has 0 aliphatic carbocycles. The van der Waals surface area contributed by atoms with E-state index in [4.69, 9.17) is 10.3 Å². The number of aromatic nitrogens is 2. The number of phenolic OH excluding ortho intramolecular Hbond substituents is 1. The van der Waals surface area contributed by atoms with Crippen LogP contribution in [-0.2, 0) is 6.61 Å². The summed E-state index contributed by atoms with van der Waals surface area (Å²) in [5.41, 5.74) is 3.03. The lowest BCUT2D eigenvalue weighted by molar-refractivity contribution is 0.0912. The van der Waals surface area contributed by atoms with Gasteiger partial charge in [-0.2, -0.15) is 0 Å². The number of thiazole rings is 1. The van der Waals surface area contributed by atoms with Gasteiger partial charge in [0, 0.05) is 17.8 Å². The van der Waals surface area contributed by atoms with Gasteiger partial charge < -0.3 is 30.8 Å². The number of hydroxylamine groups is 1. The van der Waals surface area contributed by atoms with Crippen LogP contribution >= 0.6 is 11.3 Å². The van der Waals surface area contributed by atoms with Gasteiger partial charge in [-0.3, -0.25) is 4.79 Å². The largest absolute Gasteiger partial charge is 0.505 e. The topological polar surface area (TPSA) is 151 Å². The molecule has 0 saturated carbocycles. The average molecular weight is 408 g/mol. The predicted molar refractivity (Wildman–Crippen MR) is 97.5 cm³/mol. The van der Waals surface area contributed by atoms with Crippen LogP contribution in [0.15, 0.2) is 30.3 Å². The van der Waals surface area contributed by atoms with E-state index in [1.54, 1.807) is 6.07 Å². The molecule has 0 saturated heterocycles. The van der Waals surface area contributed by atoms with E-state index in [2.05, 4.69) is 15.3 Å². The molecule has 0 aliphatic rings. The molecule has 7 N–H and O–H groups in total. The molecule has 1 amide bonds.